The Morgan fingerprint density at radius 1 is 1.14 bits per heavy atom. The van der Waals surface area contributed by atoms with Crippen LogP contribution >= 0.6 is 11.3 Å². The molecule has 7 nitrogen and oxygen atoms in total. The number of hydrogen-bond donors (Lipinski definition) is 1. The van der Waals surface area contributed by atoms with E-state index < -0.39 is 11.2 Å². The first-order chi connectivity index (χ1) is 17.1. The van der Waals surface area contributed by atoms with E-state index in [-0.39, 0.29) is 24.1 Å². The van der Waals surface area contributed by atoms with Crippen molar-refractivity contribution in [2.24, 2.45) is 0 Å². The van der Waals surface area contributed by atoms with Gasteiger partial charge in [0.25, 0.3) is 0 Å². The number of aryl methyl sites for hydroxylation is 2. The number of rotatable bonds is 4. The SMILES string of the molecule is Cc1cc(C)nc(CC(=O)N2CCN(c3sc(C(F)(F)F)nc3-c3nc4ccccc4[nH]3)C[C@H]2C)c1. The molecule has 1 N–H and O–H groups in total. The molecule has 0 radical (unpaired) electrons. The lowest BCUT2D eigenvalue weighted by atomic mass is 10.1. The number of benzene rings is 1. The number of nitrogens with one attached hydrogen (secondary N) is 1. The van der Waals surface area contributed by atoms with Crippen LogP contribution in [0.4, 0.5) is 18.2 Å². The highest BCUT2D eigenvalue weighted by molar-refractivity contribution is 7.16. The van der Waals surface area contributed by atoms with E-state index in [9.17, 15) is 18.0 Å². The monoisotopic (exact) mass is 514 g/mol. The third kappa shape index (κ3) is 4.79. The Bertz CT molecular complexity index is 1380. The smallest absolute Gasteiger partial charge is 0.358 e. The number of aromatic amines is 1. The van der Waals surface area contributed by atoms with Crippen molar-refractivity contribution >= 4 is 33.3 Å². The van der Waals surface area contributed by atoms with Crippen LogP contribution in [0.1, 0.15) is 28.9 Å². The molecule has 0 unspecified atom stereocenters. The number of imidazole rings is 1. The minimum absolute atomic E-state index is 0.0440. The number of para-hydroxylation sites is 2. The standard InChI is InChI=1S/C25H25F3N6OS/c1-14-10-15(2)29-17(11-14)12-20(35)34-9-8-33(13-16(34)3)23-21(32-24(36-23)25(26,27)28)22-30-18-6-4-5-7-19(18)31-22/h4-7,10-11,16H,8-9,12-13H2,1-3H3,(H,30,31)/t16-/m1/s1. The van der Waals surface area contributed by atoms with Crippen molar-refractivity contribution in [3.05, 3.63) is 58.4 Å². The highest BCUT2D eigenvalue weighted by atomic mass is 32.1. The van der Waals surface area contributed by atoms with Gasteiger partial charge in [0.1, 0.15) is 10.7 Å². The first-order valence-electron chi connectivity index (χ1n) is 11.6. The van der Waals surface area contributed by atoms with E-state index in [1.807, 2.05) is 56.0 Å². The second-order valence-electron chi connectivity index (χ2n) is 9.11. The number of fused-ring (bicyclic) bond motifs is 1. The van der Waals surface area contributed by atoms with Gasteiger partial charge in [0.05, 0.1) is 23.1 Å². The molecule has 0 aliphatic carbocycles. The van der Waals surface area contributed by atoms with E-state index in [1.165, 1.54) is 0 Å². The molecule has 0 spiro atoms. The van der Waals surface area contributed by atoms with E-state index in [0.717, 1.165) is 22.5 Å². The van der Waals surface area contributed by atoms with E-state index in [0.29, 0.717) is 47.3 Å². The van der Waals surface area contributed by atoms with Crippen LogP contribution in [0, 0.1) is 13.8 Å². The Morgan fingerprint density at radius 3 is 2.61 bits per heavy atom. The third-order valence-corrected chi connectivity index (χ3v) is 7.34. The van der Waals surface area contributed by atoms with Gasteiger partial charge in [-0.05, 0) is 50.6 Å². The number of anilines is 1. The van der Waals surface area contributed by atoms with Crippen molar-refractivity contribution in [3.63, 3.8) is 0 Å². The number of hydrogen-bond acceptors (Lipinski definition) is 6. The maximum absolute atomic E-state index is 13.6. The zero-order chi connectivity index (χ0) is 25.6. The summed E-state index contributed by atoms with van der Waals surface area (Å²) in [5.41, 5.74) is 4.19. The summed E-state index contributed by atoms with van der Waals surface area (Å²) >= 11 is 0.612. The zero-order valence-electron chi connectivity index (χ0n) is 20.1. The summed E-state index contributed by atoms with van der Waals surface area (Å²) in [6.07, 6.45) is -4.37. The maximum atomic E-state index is 13.6. The quantitative estimate of drug-likeness (QED) is 0.415. The summed E-state index contributed by atoms with van der Waals surface area (Å²) in [7, 11) is 0. The molecule has 1 aliphatic rings. The van der Waals surface area contributed by atoms with Crippen molar-refractivity contribution in [2.45, 2.75) is 39.4 Å². The molecular formula is C25H25F3N6OS. The fourth-order valence-corrected chi connectivity index (χ4v) is 5.62. The van der Waals surface area contributed by atoms with E-state index in [1.54, 1.807) is 11.0 Å². The molecule has 1 fully saturated rings. The minimum Gasteiger partial charge on any atom is -0.358 e. The lowest BCUT2D eigenvalue weighted by Gasteiger charge is -2.40. The lowest BCUT2D eigenvalue weighted by molar-refractivity contribution is -0.137. The number of aromatic nitrogens is 4. The number of halogens is 3. The minimum atomic E-state index is -4.56. The molecule has 5 rings (SSSR count). The molecule has 4 aromatic rings. The lowest BCUT2D eigenvalue weighted by Crippen LogP contribution is -2.54. The second-order valence-corrected chi connectivity index (χ2v) is 10.1. The van der Waals surface area contributed by atoms with Crippen molar-refractivity contribution in [3.8, 4) is 11.5 Å². The van der Waals surface area contributed by atoms with Crippen molar-refractivity contribution in [1.29, 1.82) is 0 Å². The Morgan fingerprint density at radius 2 is 1.92 bits per heavy atom. The van der Waals surface area contributed by atoms with Crippen LogP contribution in [0.3, 0.4) is 0 Å². The second kappa shape index (κ2) is 9.20. The molecule has 1 aromatic carbocycles. The molecule has 3 aromatic heterocycles. The molecular weight excluding hydrogens is 489 g/mol. The Kier molecular flexibility index (Phi) is 6.19. The van der Waals surface area contributed by atoms with Gasteiger partial charge < -0.3 is 14.8 Å². The van der Waals surface area contributed by atoms with Gasteiger partial charge in [-0.1, -0.05) is 23.5 Å². The van der Waals surface area contributed by atoms with Crippen LogP contribution in [-0.2, 0) is 17.4 Å². The molecule has 1 atom stereocenters. The van der Waals surface area contributed by atoms with E-state index in [2.05, 4.69) is 19.9 Å². The van der Waals surface area contributed by atoms with Crippen LogP contribution < -0.4 is 4.90 Å². The van der Waals surface area contributed by atoms with Crippen LogP contribution in [0.5, 0.6) is 0 Å². The van der Waals surface area contributed by atoms with Crippen molar-refractivity contribution in [1.82, 2.24) is 24.8 Å². The van der Waals surface area contributed by atoms with E-state index in [4.69, 9.17) is 0 Å². The number of pyridine rings is 1. The van der Waals surface area contributed by atoms with Gasteiger partial charge in [-0.3, -0.25) is 9.78 Å². The number of carbonyl (C=O) groups is 1. The summed E-state index contributed by atoms with van der Waals surface area (Å²) in [6.45, 7) is 6.94. The number of H-pyrrole nitrogens is 1. The zero-order valence-corrected chi connectivity index (χ0v) is 20.9. The summed E-state index contributed by atoms with van der Waals surface area (Å²) in [5, 5.41) is -0.517. The molecule has 188 valence electrons. The highest BCUT2D eigenvalue weighted by Gasteiger charge is 2.39. The third-order valence-electron chi connectivity index (χ3n) is 6.18. The number of alkyl halides is 3. The first kappa shape index (κ1) is 24.2. The Balaban J connectivity index is 1.39. The van der Waals surface area contributed by atoms with Gasteiger partial charge in [-0.25, -0.2) is 9.97 Å². The van der Waals surface area contributed by atoms with Crippen molar-refractivity contribution in [2.75, 3.05) is 24.5 Å². The summed E-state index contributed by atoms with van der Waals surface area (Å²) < 4.78 is 40.9. The van der Waals surface area contributed by atoms with Crippen LogP contribution in [-0.4, -0.2) is 56.4 Å². The summed E-state index contributed by atoms with van der Waals surface area (Å²) in [5.74, 6) is 0.252. The fraction of sp³-hybridized carbons (Fsp3) is 0.360. The molecule has 11 heteroatoms. The normalized spacial score (nSPS) is 16.7. The van der Waals surface area contributed by atoms with Gasteiger partial charge in [0.2, 0.25) is 10.9 Å². The molecule has 4 heterocycles. The average Bonchev–Trinajstić information content (AvgIpc) is 3.42. The summed E-state index contributed by atoms with van der Waals surface area (Å²) in [4.78, 5) is 32.7. The van der Waals surface area contributed by atoms with E-state index >= 15 is 0 Å². The van der Waals surface area contributed by atoms with Crippen LogP contribution in [0.2, 0.25) is 0 Å². The molecule has 1 amide bonds. The van der Waals surface area contributed by atoms with Gasteiger partial charge in [-0.2, -0.15) is 13.2 Å². The first-order valence-corrected chi connectivity index (χ1v) is 12.4. The van der Waals surface area contributed by atoms with Gasteiger partial charge in [-0.15, -0.1) is 0 Å². The number of piperazine rings is 1. The highest BCUT2D eigenvalue weighted by Crippen LogP contribution is 2.42. The molecule has 36 heavy (non-hydrogen) atoms. The van der Waals surface area contributed by atoms with Crippen LogP contribution in [0.25, 0.3) is 22.6 Å². The number of carbonyl (C=O) groups excluding carboxylic acids is 1. The topological polar surface area (TPSA) is 78.0 Å². The Hall–Kier alpha value is -3.47. The predicted molar refractivity (Wildman–Crippen MR) is 133 cm³/mol. The summed E-state index contributed by atoms with van der Waals surface area (Å²) in [6, 6.07) is 10.9. The molecule has 0 saturated carbocycles. The maximum Gasteiger partial charge on any atom is 0.443 e. The fourth-order valence-electron chi connectivity index (χ4n) is 4.65. The van der Waals surface area contributed by atoms with Gasteiger partial charge >= 0.3 is 6.18 Å². The number of nitrogens with zero attached hydrogens (tertiary/aromatic N) is 5. The van der Waals surface area contributed by atoms with Crippen molar-refractivity contribution < 1.29 is 18.0 Å². The number of amides is 1. The molecule has 1 saturated heterocycles. The number of thiazole rings is 1. The van der Waals surface area contributed by atoms with Gasteiger partial charge in [0.15, 0.2) is 5.82 Å². The largest absolute Gasteiger partial charge is 0.443 e. The predicted octanol–water partition coefficient (Wildman–Crippen LogP) is 5.00. The van der Waals surface area contributed by atoms with Gasteiger partial charge in [0, 0.05) is 31.4 Å². The van der Waals surface area contributed by atoms with Crippen LogP contribution in [0.15, 0.2) is 36.4 Å². The molecule has 0 bridgehead atoms. The average molecular weight is 515 g/mol. The Labute approximate surface area is 210 Å². The molecule has 1 aliphatic heterocycles.